The number of aryl methyl sites for hydroxylation is 1. The summed E-state index contributed by atoms with van der Waals surface area (Å²) in [6, 6.07) is 3.76. The van der Waals surface area contributed by atoms with E-state index in [1.54, 1.807) is 18.6 Å². The fraction of sp³-hybridized carbons (Fsp3) is 0.471. The minimum Gasteiger partial charge on any atom is -0.373 e. The van der Waals surface area contributed by atoms with E-state index in [0.29, 0.717) is 6.61 Å². The highest BCUT2D eigenvalue weighted by molar-refractivity contribution is 5.80. The zero-order chi connectivity index (χ0) is 16.2. The van der Waals surface area contributed by atoms with Gasteiger partial charge in [0.15, 0.2) is 0 Å². The average molecular weight is 314 g/mol. The molecule has 3 heterocycles. The summed E-state index contributed by atoms with van der Waals surface area (Å²) in [5.74, 6) is -0.156. The molecule has 0 saturated carbocycles. The second-order valence-electron chi connectivity index (χ2n) is 5.83. The van der Waals surface area contributed by atoms with Crippen molar-refractivity contribution in [3.8, 4) is 0 Å². The van der Waals surface area contributed by atoms with E-state index < -0.39 is 0 Å². The van der Waals surface area contributed by atoms with Gasteiger partial charge in [0.2, 0.25) is 5.91 Å². The molecule has 2 aromatic heterocycles. The van der Waals surface area contributed by atoms with Crippen LogP contribution >= 0.6 is 0 Å². The van der Waals surface area contributed by atoms with Gasteiger partial charge in [0.25, 0.3) is 0 Å². The highest BCUT2D eigenvalue weighted by Crippen LogP contribution is 2.34. The van der Waals surface area contributed by atoms with E-state index >= 15 is 0 Å². The summed E-state index contributed by atoms with van der Waals surface area (Å²) in [6.45, 7) is 5.41. The maximum absolute atomic E-state index is 12.7. The smallest absolute Gasteiger partial charge is 0.226 e. The standard InChI is InChI=1S/C17H22N4O2/c1-3-21-11-14(10-19-21)16-15(6-8-23-16)17(22)20-12(2)13-5-4-7-18-9-13/h4-5,7,9-12,15-16H,3,6,8H2,1-2H3,(H,20,22)/t12-,15+,16-/m1/s1. The normalized spacial score (nSPS) is 22.0. The zero-order valence-electron chi connectivity index (χ0n) is 13.5. The van der Waals surface area contributed by atoms with Gasteiger partial charge >= 0.3 is 0 Å². The van der Waals surface area contributed by atoms with E-state index in [0.717, 1.165) is 24.1 Å². The predicted molar refractivity (Wildman–Crippen MR) is 85.5 cm³/mol. The number of pyridine rings is 1. The minimum absolute atomic E-state index is 0.0214. The van der Waals surface area contributed by atoms with Crippen LogP contribution in [0.15, 0.2) is 36.9 Å². The number of carbonyl (C=O) groups excluding carboxylic acids is 1. The molecular weight excluding hydrogens is 292 g/mol. The molecule has 1 aliphatic heterocycles. The predicted octanol–water partition coefficient (Wildman–Crippen LogP) is 2.25. The van der Waals surface area contributed by atoms with Gasteiger partial charge in [0.05, 0.1) is 24.3 Å². The van der Waals surface area contributed by atoms with Crippen LogP contribution in [0.25, 0.3) is 0 Å². The molecule has 1 N–H and O–H groups in total. The average Bonchev–Trinajstić information content (AvgIpc) is 3.24. The highest BCUT2D eigenvalue weighted by Gasteiger charge is 2.36. The molecule has 0 spiro atoms. The maximum atomic E-state index is 12.7. The van der Waals surface area contributed by atoms with Crippen LogP contribution in [0.4, 0.5) is 0 Å². The Morgan fingerprint density at radius 1 is 1.52 bits per heavy atom. The van der Waals surface area contributed by atoms with Crippen molar-refractivity contribution in [1.29, 1.82) is 0 Å². The first kappa shape index (κ1) is 15.7. The van der Waals surface area contributed by atoms with Crippen LogP contribution in [0.2, 0.25) is 0 Å². The molecule has 1 aliphatic rings. The van der Waals surface area contributed by atoms with Crippen molar-refractivity contribution in [2.24, 2.45) is 5.92 Å². The zero-order valence-corrected chi connectivity index (χ0v) is 13.5. The van der Waals surface area contributed by atoms with Crippen molar-refractivity contribution in [3.05, 3.63) is 48.0 Å². The number of hydrogen-bond donors (Lipinski definition) is 1. The van der Waals surface area contributed by atoms with Gasteiger partial charge in [0, 0.05) is 37.3 Å². The fourth-order valence-corrected chi connectivity index (χ4v) is 2.92. The Morgan fingerprint density at radius 2 is 2.39 bits per heavy atom. The topological polar surface area (TPSA) is 69.0 Å². The minimum atomic E-state index is -0.212. The van der Waals surface area contributed by atoms with E-state index in [9.17, 15) is 4.79 Å². The van der Waals surface area contributed by atoms with Gasteiger partial charge in [0.1, 0.15) is 0 Å². The van der Waals surface area contributed by atoms with E-state index in [1.807, 2.05) is 36.9 Å². The number of nitrogens with one attached hydrogen (secondary N) is 1. The first-order valence-electron chi connectivity index (χ1n) is 8.03. The number of amides is 1. The Morgan fingerprint density at radius 3 is 3.09 bits per heavy atom. The van der Waals surface area contributed by atoms with Gasteiger partial charge in [-0.05, 0) is 31.9 Å². The second-order valence-corrected chi connectivity index (χ2v) is 5.83. The van der Waals surface area contributed by atoms with Crippen molar-refractivity contribution >= 4 is 5.91 Å². The molecule has 122 valence electrons. The van der Waals surface area contributed by atoms with Crippen LogP contribution in [0.3, 0.4) is 0 Å². The lowest BCUT2D eigenvalue weighted by atomic mass is 9.96. The van der Waals surface area contributed by atoms with E-state index in [1.165, 1.54) is 0 Å². The largest absolute Gasteiger partial charge is 0.373 e. The van der Waals surface area contributed by atoms with Crippen molar-refractivity contribution < 1.29 is 9.53 Å². The van der Waals surface area contributed by atoms with Crippen LogP contribution in [-0.4, -0.2) is 27.3 Å². The third kappa shape index (κ3) is 3.42. The van der Waals surface area contributed by atoms with Gasteiger partial charge in [-0.15, -0.1) is 0 Å². The monoisotopic (exact) mass is 314 g/mol. The molecule has 3 atom stereocenters. The van der Waals surface area contributed by atoms with Crippen LogP contribution in [0, 0.1) is 5.92 Å². The third-order valence-corrected chi connectivity index (χ3v) is 4.28. The molecule has 0 unspecified atom stereocenters. The lowest BCUT2D eigenvalue weighted by Crippen LogP contribution is -2.34. The molecule has 3 rings (SSSR count). The highest BCUT2D eigenvalue weighted by atomic mass is 16.5. The summed E-state index contributed by atoms with van der Waals surface area (Å²) in [5, 5.41) is 7.35. The Hall–Kier alpha value is -2.21. The quantitative estimate of drug-likeness (QED) is 0.919. The van der Waals surface area contributed by atoms with Crippen LogP contribution in [0.1, 0.15) is 43.5 Å². The Balaban J connectivity index is 1.68. The molecule has 1 saturated heterocycles. The molecule has 0 radical (unpaired) electrons. The van der Waals surface area contributed by atoms with Gasteiger partial charge in [-0.3, -0.25) is 14.5 Å². The second kappa shape index (κ2) is 6.91. The first-order chi connectivity index (χ1) is 11.2. The van der Waals surface area contributed by atoms with Crippen LogP contribution < -0.4 is 5.32 Å². The number of ether oxygens (including phenoxy) is 1. The Bertz CT molecular complexity index is 656. The third-order valence-electron chi connectivity index (χ3n) is 4.28. The molecule has 0 aliphatic carbocycles. The van der Waals surface area contributed by atoms with Crippen molar-refractivity contribution in [1.82, 2.24) is 20.1 Å². The number of carbonyl (C=O) groups is 1. The Labute approximate surface area is 135 Å². The molecule has 23 heavy (non-hydrogen) atoms. The molecule has 1 fully saturated rings. The van der Waals surface area contributed by atoms with E-state index in [2.05, 4.69) is 15.4 Å². The molecule has 6 heteroatoms. The summed E-state index contributed by atoms with van der Waals surface area (Å²) < 4.78 is 7.64. The molecule has 0 bridgehead atoms. The van der Waals surface area contributed by atoms with E-state index in [-0.39, 0.29) is 24.0 Å². The number of aromatic nitrogens is 3. The Kier molecular flexibility index (Phi) is 4.71. The summed E-state index contributed by atoms with van der Waals surface area (Å²) in [6.07, 6.45) is 7.78. The summed E-state index contributed by atoms with van der Waals surface area (Å²) in [7, 11) is 0. The molecule has 6 nitrogen and oxygen atoms in total. The van der Waals surface area contributed by atoms with Gasteiger partial charge < -0.3 is 10.1 Å². The van der Waals surface area contributed by atoms with Crippen LogP contribution in [-0.2, 0) is 16.1 Å². The van der Waals surface area contributed by atoms with Crippen molar-refractivity contribution in [2.75, 3.05) is 6.61 Å². The number of nitrogens with zero attached hydrogens (tertiary/aromatic N) is 3. The molecule has 2 aromatic rings. The lowest BCUT2D eigenvalue weighted by Gasteiger charge is -2.20. The first-order valence-corrected chi connectivity index (χ1v) is 8.03. The SMILES string of the molecule is CCn1cc([C@H]2OCC[C@@H]2C(=O)N[C@H](C)c2cccnc2)cn1. The molecule has 1 amide bonds. The summed E-state index contributed by atoms with van der Waals surface area (Å²) >= 11 is 0. The van der Waals surface area contributed by atoms with Gasteiger partial charge in [-0.1, -0.05) is 6.07 Å². The van der Waals surface area contributed by atoms with Crippen LogP contribution in [0.5, 0.6) is 0 Å². The van der Waals surface area contributed by atoms with E-state index in [4.69, 9.17) is 4.74 Å². The molecule has 0 aromatic carbocycles. The summed E-state index contributed by atoms with van der Waals surface area (Å²) in [4.78, 5) is 16.7. The molecular formula is C17H22N4O2. The van der Waals surface area contributed by atoms with Crippen molar-refractivity contribution in [2.45, 2.75) is 39.0 Å². The lowest BCUT2D eigenvalue weighted by molar-refractivity contribution is -0.127. The number of hydrogen-bond acceptors (Lipinski definition) is 4. The maximum Gasteiger partial charge on any atom is 0.226 e. The van der Waals surface area contributed by atoms with Gasteiger partial charge in [-0.2, -0.15) is 5.10 Å². The number of rotatable bonds is 5. The van der Waals surface area contributed by atoms with Crippen molar-refractivity contribution in [3.63, 3.8) is 0 Å². The summed E-state index contributed by atoms with van der Waals surface area (Å²) in [5.41, 5.74) is 1.97. The fourth-order valence-electron chi connectivity index (χ4n) is 2.92. The van der Waals surface area contributed by atoms with Gasteiger partial charge in [-0.25, -0.2) is 0 Å².